The van der Waals surface area contributed by atoms with Gasteiger partial charge >= 0.3 is 0 Å². The molecule has 0 N–H and O–H groups in total. The van der Waals surface area contributed by atoms with Gasteiger partial charge < -0.3 is 4.74 Å². The Morgan fingerprint density at radius 1 is 1.24 bits per heavy atom. The number of halogens is 2. The van der Waals surface area contributed by atoms with Crippen LogP contribution in [-0.2, 0) is 9.84 Å². The molecule has 25 heavy (non-hydrogen) atoms. The van der Waals surface area contributed by atoms with E-state index in [4.69, 9.17) is 34.4 Å². The van der Waals surface area contributed by atoms with Gasteiger partial charge in [0.25, 0.3) is 0 Å². The van der Waals surface area contributed by atoms with Gasteiger partial charge in [0.1, 0.15) is 23.3 Å². The summed E-state index contributed by atoms with van der Waals surface area (Å²) in [6.45, 7) is 0.0135. The lowest BCUT2D eigenvalue weighted by Gasteiger charge is -2.08. The van der Waals surface area contributed by atoms with Gasteiger partial charge in [-0.15, -0.1) is 6.42 Å². The van der Waals surface area contributed by atoms with Crippen molar-refractivity contribution in [1.29, 1.82) is 5.26 Å². The molecular weight excluding hydrogens is 381 g/mol. The number of allylic oxidation sites excluding steroid dienone is 1. The summed E-state index contributed by atoms with van der Waals surface area (Å²) in [5, 5.41) is 9.53. The van der Waals surface area contributed by atoms with Crippen LogP contribution in [0.4, 0.5) is 0 Å². The van der Waals surface area contributed by atoms with Crippen molar-refractivity contribution < 1.29 is 13.2 Å². The van der Waals surface area contributed by atoms with E-state index in [0.29, 0.717) is 11.3 Å². The number of nitriles is 1. The van der Waals surface area contributed by atoms with Crippen LogP contribution in [0.2, 0.25) is 10.0 Å². The number of terminal acetylenes is 1. The summed E-state index contributed by atoms with van der Waals surface area (Å²) in [5.41, 5.74) is 0.399. The summed E-state index contributed by atoms with van der Waals surface area (Å²) >= 11 is 11.8. The van der Waals surface area contributed by atoms with Gasteiger partial charge in [0.2, 0.25) is 9.84 Å². The van der Waals surface area contributed by atoms with Crippen LogP contribution < -0.4 is 4.74 Å². The van der Waals surface area contributed by atoms with Crippen molar-refractivity contribution >= 4 is 39.1 Å². The molecule has 0 aliphatic rings. The van der Waals surface area contributed by atoms with Crippen molar-refractivity contribution in [3.63, 3.8) is 0 Å². The fourth-order valence-electron chi connectivity index (χ4n) is 1.96. The van der Waals surface area contributed by atoms with E-state index in [2.05, 4.69) is 5.92 Å². The van der Waals surface area contributed by atoms with Crippen molar-refractivity contribution in [1.82, 2.24) is 0 Å². The third-order valence-electron chi connectivity index (χ3n) is 3.10. The van der Waals surface area contributed by atoms with E-state index in [1.165, 1.54) is 24.3 Å². The number of sulfone groups is 1. The first-order valence-corrected chi connectivity index (χ1v) is 9.11. The largest absolute Gasteiger partial charge is 0.480 e. The van der Waals surface area contributed by atoms with Crippen molar-refractivity contribution in [2.24, 2.45) is 0 Å². The van der Waals surface area contributed by atoms with Crippen molar-refractivity contribution in [2.75, 3.05) is 6.61 Å². The normalized spacial score (nSPS) is 11.4. The van der Waals surface area contributed by atoms with E-state index >= 15 is 0 Å². The second kappa shape index (κ2) is 8.09. The summed E-state index contributed by atoms with van der Waals surface area (Å²) in [7, 11) is -4.15. The molecule has 4 nitrogen and oxygen atoms in total. The number of rotatable bonds is 5. The minimum absolute atomic E-state index is 0.0135. The average Bonchev–Trinajstić information content (AvgIpc) is 2.60. The highest BCUT2D eigenvalue weighted by atomic mass is 35.5. The first-order chi connectivity index (χ1) is 11.9. The van der Waals surface area contributed by atoms with Gasteiger partial charge in [0.15, 0.2) is 0 Å². The molecule has 0 atom stereocenters. The SMILES string of the molecule is C#CCOc1ccccc1C=C(C#N)S(=O)(=O)c1cc(Cl)ccc1Cl. The number of para-hydroxylation sites is 1. The highest BCUT2D eigenvalue weighted by Gasteiger charge is 2.24. The number of benzene rings is 2. The van der Waals surface area contributed by atoms with Crippen molar-refractivity contribution in [3.8, 4) is 24.2 Å². The summed E-state index contributed by atoms with van der Waals surface area (Å²) in [6, 6.07) is 12.3. The summed E-state index contributed by atoms with van der Waals surface area (Å²) < 4.78 is 30.9. The van der Waals surface area contributed by atoms with Crippen molar-refractivity contribution in [2.45, 2.75) is 4.90 Å². The van der Waals surface area contributed by atoms with Gasteiger partial charge in [-0.1, -0.05) is 47.3 Å². The lowest BCUT2D eigenvalue weighted by molar-refractivity contribution is 0.369. The second-order valence-corrected chi connectivity index (χ2v) is 7.46. The van der Waals surface area contributed by atoms with Crippen LogP contribution in [-0.4, -0.2) is 15.0 Å². The molecule has 0 fully saturated rings. The molecule has 0 unspecified atom stereocenters. The first kappa shape index (κ1) is 18.9. The Balaban J connectivity index is 2.57. The van der Waals surface area contributed by atoms with Gasteiger partial charge in [0, 0.05) is 10.6 Å². The maximum Gasteiger partial charge on any atom is 0.218 e. The topological polar surface area (TPSA) is 67.2 Å². The zero-order valence-electron chi connectivity index (χ0n) is 12.7. The molecule has 0 aromatic heterocycles. The summed E-state index contributed by atoms with van der Waals surface area (Å²) in [4.78, 5) is -0.732. The van der Waals surface area contributed by atoms with E-state index in [9.17, 15) is 13.7 Å². The number of hydrogen-bond acceptors (Lipinski definition) is 4. The summed E-state index contributed by atoms with van der Waals surface area (Å²) in [5.74, 6) is 2.68. The molecule has 7 heteroatoms. The molecule has 2 aromatic carbocycles. The Kier molecular flexibility index (Phi) is 6.12. The molecule has 0 aliphatic carbocycles. The standard InChI is InChI=1S/C18H11Cl2NO3S/c1-2-9-24-17-6-4-3-5-13(17)10-15(12-21)25(22,23)18-11-14(19)7-8-16(18)20/h1,3-8,10-11H,9H2. The van der Waals surface area contributed by atoms with Gasteiger partial charge in [0.05, 0.1) is 9.92 Å². The van der Waals surface area contributed by atoms with Crippen LogP contribution in [0.25, 0.3) is 6.08 Å². The van der Waals surface area contributed by atoms with Crippen LogP contribution >= 0.6 is 23.2 Å². The second-order valence-electron chi connectivity index (χ2n) is 4.73. The van der Waals surface area contributed by atoms with Crippen LogP contribution in [0.15, 0.2) is 52.3 Å². The first-order valence-electron chi connectivity index (χ1n) is 6.87. The minimum Gasteiger partial charge on any atom is -0.480 e. The van der Waals surface area contributed by atoms with Gasteiger partial charge in [-0.05, 0) is 30.3 Å². The monoisotopic (exact) mass is 391 g/mol. The minimum atomic E-state index is -4.15. The Bertz CT molecular complexity index is 1020. The number of hydrogen-bond donors (Lipinski definition) is 0. The van der Waals surface area contributed by atoms with Crippen LogP contribution in [0.1, 0.15) is 5.56 Å². The fraction of sp³-hybridized carbons (Fsp3) is 0.0556. The van der Waals surface area contributed by atoms with Gasteiger partial charge in [-0.3, -0.25) is 0 Å². The Morgan fingerprint density at radius 3 is 2.64 bits per heavy atom. The zero-order chi connectivity index (χ0) is 18.4. The molecule has 0 heterocycles. The lowest BCUT2D eigenvalue weighted by Crippen LogP contribution is -2.05. The van der Waals surface area contributed by atoms with E-state index in [0.717, 1.165) is 0 Å². The smallest absolute Gasteiger partial charge is 0.218 e. The molecular formula is C18H11Cl2NO3S. The predicted molar refractivity (Wildman–Crippen MR) is 98.0 cm³/mol. The highest BCUT2D eigenvalue weighted by Crippen LogP contribution is 2.31. The molecule has 126 valence electrons. The third kappa shape index (κ3) is 4.35. The van der Waals surface area contributed by atoms with Crippen LogP contribution in [0.5, 0.6) is 5.75 Å². The average molecular weight is 392 g/mol. The van der Waals surface area contributed by atoms with E-state index in [1.54, 1.807) is 30.3 Å². The van der Waals surface area contributed by atoms with E-state index in [-0.39, 0.29) is 21.5 Å². The molecule has 2 rings (SSSR count). The highest BCUT2D eigenvalue weighted by molar-refractivity contribution is 7.95. The third-order valence-corrected chi connectivity index (χ3v) is 5.48. The number of ether oxygens (including phenoxy) is 1. The Hall–Kier alpha value is -2.44. The lowest BCUT2D eigenvalue weighted by atomic mass is 10.2. The molecule has 0 bridgehead atoms. The maximum atomic E-state index is 12.8. The molecule has 0 amide bonds. The fourth-order valence-corrected chi connectivity index (χ4v) is 3.87. The molecule has 0 spiro atoms. The predicted octanol–water partition coefficient (Wildman–Crippen LogP) is 4.34. The van der Waals surface area contributed by atoms with Crippen LogP contribution in [0, 0.1) is 23.7 Å². The van der Waals surface area contributed by atoms with Crippen LogP contribution in [0.3, 0.4) is 0 Å². The zero-order valence-corrected chi connectivity index (χ0v) is 15.1. The molecule has 2 aromatic rings. The number of nitrogens with zero attached hydrogens (tertiary/aromatic N) is 1. The molecule has 0 aliphatic heterocycles. The Morgan fingerprint density at radius 2 is 1.96 bits per heavy atom. The quantitative estimate of drug-likeness (QED) is 0.561. The maximum absolute atomic E-state index is 12.8. The van der Waals surface area contributed by atoms with Gasteiger partial charge in [-0.2, -0.15) is 5.26 Å². The van der Waals surface area contributed by atoms with Gasteiger partial charge in [-0.25, -0.2) is 8.42 Å². The molecule has 0 saturated heterocycles. The molecule has 0 radical (unpaired) electrons. The molecule has 0 saturated carbocycles. The van der Waals surface area contributed by atoms with Crippen molar-refractivity contribution in [3.05, 3.63) is 63.0 Å². The summed E-state index contributed by atoms with van der Waals surface area (Å²) in [6.07, 6.45) is 6.37. The van der Waals surface area contributed by atoms with E-state index in [1.807, 2.05) is 0 Å². The Labute approximate surface area is 156 Å². The van der Waals surface area contributed by atoms with E-state index < -0.39 is 14.7 Å².